The highest BCUT2D eigenvalue weighted by Gasteiger charge is 2.19. The predicted molar refractivity (Wildman–Crippen MR) is 99.3 cm³/mol. The standard InChI is InChI=1S/C18H18BrFN2O5/c1-10(27-13-7-5-4-6-12(13)20)17(23)21-22-18(24)11-8-14(25-2)16(19)15(9-11)26-3/h4-10H,1-3H3,(H,21,23)(H,22,24). The summed E-state index contributed by atoms with van der Waals surface area (Å²) in [5.74, 6) is -1.11. The van der Waals surface area contributed by atoms with E-state index in [1.54, 1.807) is 6.07 Å². The molecule has 1 atom stereocenters. The summed E-state index contributed by atoms with van der Waals surface area (Å²) in [6.07, 6.45) is -1.03. The molecule has 0 spiro atoms. The van der Waals surface area contributed by atoms with Crippen LogP contribution in [0.5, 0.6) is 17.2 Å². The quantitative estimate of drug-likeness (QED) is 0.674. The van der Waals surface area contributed by atoms with Gasteiger partial charge in [-0.05, 0) is 47.1 Å². The predicted octanol–water partition coefficient (Wildman–Crippen LogP) is 2.83. The van der Waals surface area contributed by atoms with E-state index in [2.05, 4.69) is 26.8 Å². The zero-order valence-electron chi connectivity index (χ0n) is 14.8. The Balaban J connectivity index is 2.00. The zero-order chi connectivity index (χ0) is 20.0. The molecule has 0 aliphatic rings. The first-order chi connectivity index (χ1) is 12.9. The molecular formula is C18H18BrFN2O5. The highest BCUT2D eigenvalue weighted by molar-refractivity contribution is 9.10. The van der Waals surface area contributed by atoms with Gasteiger partial charge < -0.3 is 14.2 Å². The van der Waals surface area contributed by atoms with Crippen molar-refractivity contribution in [3.05, 3.63) is 52.3 Å². The lowest BCUT2D eigenvalue weighted by atomic mass is 10.2. The number of hydrazine groups is 1. The van der Waals surface area contributed by atoms with Gasteiger partial charge in [0.25, 0.3) is 11.8 Å². The third kappa shape index (κ3) is 5.10. The van der Waals surface area contributed by atoms with Crippen LogP contribution in [-0.2, 0) is 4.79 Å². The van der Waals surface area contributed by atoms with Gasteiger partial charge in [0.05, 0.1) is 14.2 Å². The van der Waals surface area contributed by atoms with E-state index in [4.69, 9.17) is 14.2 Å². The molecule has 0 aromatic heterocycles. The normalized spacial score (nSPS) is 11.3. The fraction of sp³-hybridized carbons (Fsp3) is 0.222. The number of rotatable bonds is 6. The Bertz CT molecular complexity index is 821. The molecule has 0 aliphatic carbocycles. The van der Waals surface area contributed by atoms with E-state index in [9.17, 15) is 14.0 Å². The minimum absolute atomic E-state index is 0.0612. The van der Waals surface area contributed by atoms with Gasteiger partial charge >= 0.3 is 0 Å². The van der Waals surface area contributed by atoms with Gasteiger partial charge in [0.2, 0.25) is 0 Å². The number of methoxy groups -OCH3 is 2. The van der Waals surface area contributed by atoms with Crippen molar-refractivity contribution in [3.8, 4) is 17.2 Å². The molecule has 27 heavy (non-hydrogen) atoms. The smallest absolute Gasteiger partial charge is 0.279 e. The summed E-state index contributed by atoms with van der Waals surface area (Å²) in [6, 6.07) is 8.67. The minimum atomic E-state index is -1.03. The average molecular weight is 441 g/mol. The fourth-order valence-electron chi connectivity index (χ4n) is 2.08. The summed E-state index contributed by atoms with van der Waals surface area (Å²) in [4.78, 5) is 24.3. The Morgan fingerprint density at radius 1 is 1.04 bits per heavy atom. The van der Waals surface area contributed by atoms with Crippen molar-refractivity contribution in [2.24, 2.45) is 0 Å². The molecule has 9 heteroatoms. The summed E-state index contributed by atoms with van der Waals surface area (Å²) in [5.41, 5.74) is 4.70. The van der Waals surface area contributed by atoms with Crippen molar-refractivity contribution in [1.29, 1.82) is 0 Å². The highest BCUT2D eigenvalue weighted by atomic mass is 79.9. The van der Waals surface area contributed by atoms with Crippen LogP contribution in [0.1, 0.15) is 17.3 Å². The van der Waals surface area contributed by atoms with Crippen LogP contribution in [0.4, 0.5) is 4.39 Å². The van der Waals surface area contributed by atoms with Gasteiger partial charge in [-0.1, -0.05) is 12.1 Å². The SMILES string of the molecule is COc1cc(C(=O)NNC(=O)C(C)Oc2ccccc2F)cc(OC)c1Br. The molecule has 0 saturated heterocycles. The van der Waals surface area contributed by atoms with E-state index in [0.29, 0.717) is 16.0 Å². The number of hydrogen-bond donors (Lipinski definition) is 2. The van der Waals surface area contributed by atoms with Gasteiger partial charge in [-0.3, -0.25) is 20.4 Å². The second-order valence-electron chi connectivity index (χ2n) is 5.33. The lowest BCUT2D eigenvalue weighted by Gasteiger charge is -2.16. The number of para-hydroxylation sites is 1. The molecule has 2 aromatic carbocycles. The van der Waals surface area contributed by atoms with Crippen LogP contribution >= 0.6 is 15.9 Å². The summed E-state index contributed by atoms with van der Waals surface area (Å²) >= 11 is 3.30. The molecule has 0 saturated carbocycles. The lowest BCUT2D eigenvalue weighted by Crippen LogP contribution is -2.47. The molecular weight excluding hydrogens is 423 g/mol. The summed E-state index contributed by atoms with van der Waals surface area (Å²) < 4.78 is 29.7. The number of carbonyl (C=O) groups excluding carboxylic acids is 2. The van der Waals surface area contributed by atoms with E-state index in [-0.39, 0.29) is 11.3 Å². The molecule has 2 aromatic rings. The van der Waals surface area contributed by atoms with Gasteiger partial charge in [0, 0.05) is 5.56 Å². The third-order valence-electron chi connectivity index (χ3n) is 3.52. The molecule has 0 heterocycles. The highest BCUT2D eigenvalue weighted by Crippen LogP contribution is 2.35. The zero-order valence-corrected chi connectivity index (χ0v) is 16.4. The first-order valence-corrected chi connectivity index (χ1v) is 8.59. The maximum absolute atomic E-state index is 13.6. The Morgan fingerprint density at radius 2 is 1.63 bits per heavy atom. The molecule has 2 rings (SSSR count). The van der Waals surface area contributed by atoms with Crippen molar-refractivity contribution >= 4 is 27.7 Å². The second-order valence-corrected chi connectivity index (χ2v) is 6.12. The van der Waals surface area contributed by atoms with Gasteiger partial charge in [-0.25, -0.2) is 4.39 Å². The second kappa shape index (κ2) is 9.22. The van der Waals surface area contributed by atoms with Gasteiger partial charge in [-0.2, -0.15) is 0 Å². The first-order valence-electron chi connectivity index (χ1n) is 7.80. The number of nitrogens with one attached hydrogen (secondary N) is 2. The van der Waals surface area contributed by atoms with Crippen LogP contribution < -0.4 is 25.1 Å². The van der Waals surface area contributed by atoms with E-state index < -0.39 is 23.7 Å². The summed E-state index contributed by atoms with van der Waals surface area (Å²) in [5, 5.41) is 0. The van der Waals surface area contributed by atoms with E-state index in [1.807, 2.05) is 0 Å². The molecule has 144 valence electrons. The first kappa shape index (κ1) is 20.5. The third-order valence-corrected chi connectivity index (χ3v) is 4.30. The molecule has 7 nitrogen and oxygen atoms in total. The van der Waals surface area contributed by atoms with Crippen molar-refractivity contribution < 1.29 is 28.2 Å². The minimum Gasteiger partial charge on any atom is -0.495 e. The molecule has 0 aliphatic heterocycles. The van der Waals surface area contributed by atoms with Gasteiger partial charge in [-0.15, -0.1) is 0 Å². The van der Waals surface area contributed by atoms with Crippen LogP contribution in [-0.4, -0.2) is 32.1 Å². The molecule has 0 radical (unpaired) electrons. The molecule has 2 N–H and O–H groups in total. The Morgan fingerprint density at radius 3 is 2.19 bits per heavy atom. The Hall–Kier alpha value is -2.81. The van der Waals surface area contributed by atoms with Crippen LogP contribution in [0.3, 0.4) is 0 Å². The van der Waals surface area contributed by atoms with E-state index in [0.717, 1.165) is 0 Å². The summed E-state index contributed by atoms with van der Waals surface area (Å²) in [6.45, 7) is 1.43. The summed E-state index contributed by atoms with van der Waals surface area (Å²) in [7, 11) is 2.90. The van der Waals surface area contributed by atoms with Crippen molar-refractivity contribution in [1.82, 2.24) is 10.9 Å². The maximum atomic E-state index is 13.6. The van der Waals surface area contributed by atoms with Crippen LogP contribution in [0.25, 0.3) is 0 Å². The van der Waals surface area contributed by atoms with Crippen LogP contribution in [0.2, 0.25) is 0 Å². The van der Waals surface area contributed by atoms with Crippen molar-refractivity contribution in [2.45, 2.75) is 13.0 Å². The Labute approximate surface area is 163 Å². The van der Waals surface area contributed by atoms with Crippen molar-refractivity contribution in [3.63, 3.8) is 0 Å². The van der Waals surface area contributed by atoms with E-state index >= 15 is 0 Å². The average Bonchev–Trinajstić information content (AvgIpc) is 2.67. The fourth-order valence-corrected chi connectivity index (χ4v) is 2.63. The number of ether oxygens (including phenoxy) is 3. The number of benzene rings is 2. The number of halogens is 2. The maximum Gasteiger partial charge on any atom is 0.279 e. The van der Waals surface area contributed by atoms with Crippen LogP contribution in [0.15, 0.2) is 40.9 Å². The molecule has 1 unspecified atom stereocenters. The van der Waals surface area contributed by atoms with E-state index in [1.165, 1.54) is 51.5 Å². The topological polar surface area (TPSA) is 85.9 Å². The number of amides is 2. The molecule has 0 fully saturated rings. The molecule has 0 bridgehead atoms. The number of carbonyl (C=O) groups is 2. The van der Waals surface area contributed by atoms with Gasteiger partial charge in [0.1, 0.15) is 16.0 Å². The lowest BCUT2D eigenvalue weighted by molar-refractivity contribution is -0.128. The Kier molecular flexibility index (Phi) is 7.00. The van der Waals surface area contributed by atoms with Crippen LogP contribution in [0, 0.1) is 5.82 Å². The largest absolute Gasteiger partial charge is 0.495 e. The van der Waals surface area contributed by atoms with Gasteiger partial charge in [0.15, 0.2) is 17.7 Å². The van der Waals surface area contributed by atoms with Crippen molar-refractivity contribution in [2.75, 3.05) is 14.2 Å². The monoisotopic (exact) mass is 440 g/mol. The number of hydrogen-bond acceptors (Lipinski definition) is 5. The molecule has 2 amide bonds.